The number of piperazine rings is 1. The minimum Gasteiger partial charge on any atom is -0.496 e. The minimum atomic E-state index is 0.134. The predicted octanol–water partition coefficient (Wildman–Crippen LogP) is 6.46. The Kier molecular flexibility index (Phi) is 22.2. The molecule has 1 fully saturated rings. The molecule has 1 amide bonds. The molecule has 1 unspecified atom stereocenters. The summed E-state index contributed by atoms with van der Waals surface area (Å²) in [5.41, 5.74) is 4.20. The van der Waals surface area contributed by atoms with E-state index in [1.807, 2.05) is 11.8 Å². The molecule has 1 aliphatic heterocycles. The van der Waals surface area contributed by atoms with Crippen molar-refractivity contribution in [1.82, 2.24) is 24.3 Å². The molecule has 1 saturated heterocycles. The van der Waals surface area contributed by atoms with Crippen LogP contribution in [0.4, 0.5) is 11.8 Å². The molecule has 0 spiro atoms. The van der Waals surface area contributed by atoms with Crippen LogP contribution in [0, 0.1) is 5.92 Å². The molecule has 3 heterocycles. The lowest BCUT2D eigenvalue weighted by Crippen LogP contribution is -2.48. The van der Waals surface area contributed by atoms with Crippen LogP contribution in [0.3, 0.4) is 0 Å². The van der Waals surface area contributed by atoms with Crippen LogP contribution in [0.2, 0.25) is 0 Å². The zero-order valence-electron chi connectivity index (χ0n) is 36.4. The highest BCUT2D eigenvalue weighted by Gasteiger charge is 2.22. The lowest BCUT2D eigenvalue weighted by molar-refractivity contribution is -0.134. The van der Waals surface area contributed by atoms with E-state index < -0.39 is 0 Å². The number of methoxy groups -OCH3 is 1. The molecular formula is C44H73N7O7. The molecule has 0 bridgehead atoms. The molecule has 1 aliphatic rings. The molecule has 0 aliphatic carbocycles. The summed E-state index contributed by atoms with van der Waals surface area (Å²) in [6, 6.07) is 8.93. The number of amides is 1. The van der Waals surface area contributed by atoms with E-state index in [1.165, 1.54) is 18.4 Å². The maximum atomic E-state index is 12.9. The second kappa shape index (κ2) is 27.3. The fourth-order valence-corrected chi connectivity index (χ4v) is 7.04. The van der Waals surface area contributed by atoms with Crippen molar-refractivity contribution < 1.29 is 33.2 Å². The van der Waals surface area contributed by atoms with E-state index in [2.05, 4.69) is 78.3 Å². The first kappa shape index (κ1) is 47.2. The van der Waals surface area contributed by atoms with Gasteiger partial charge in [0.15, 0.2) is 5.82 Å². The van der Waals surface area contributed by atoms with Gasteiger partial charge in [-0.2, -0.15) is 4.98 Å². The monoisotopic (exact) mass is 812 g/mol. The zero-order chi connectivity index (χ0) is 41.4. The number of carbonyl (C=O) groups is 1. The van der Waals surface area contributed by atoms with Gasteiger partial charge < -0.3 is 48.5 Å². The Morgan fingerprint density at radius 1 is 0.810 bits per heavy atom. The van der Waals surface area contributed by atoms with Gasteiger partial charge in [0.25, 0.3) is 0 Å². The van der Waals surface area contributed by atoms with Gasteiger partial charge in [-0.1, -0.05) is 52.7 Å². The molecule has 1 atom stereocenters. The quantitative estimate of drug-likeness (QED) is 0.0691. The Bertz CT molecular complexity index is 1580. The van der Waals surface area contributed by atoms with Crippen LogP contribution in [-0.2, 0) is 41.6 Å². The van der Waals surface area contributed by atoms with E-state index in [0.717, 1.165) is 73.6 Å². The van der Waals surface area contributed by atoms with E-state index in [9.17, 15) is 4.79 Å². The van der Waals surface area contributed by atoms with Crippen LogP contribution in [-0.4, -0.2) is 142 Å². The summed E-state index contributed by atoms with van der Waals surface area (Å²) in [6.45, 7) is 21.6. The maximum absolute atomic E-state index is 12.9. The van der Waals surface area contributed by atoms with E-state index >= 15 is 0 Å². The second-order valence-corrected chi connectivity index (χ2v) is 15.3. The Hall–Kier alpha value is -3.53. The van der Waals surface area contributed by atoms with E-state index in [4.69, 9.17) is 38.4 Å². The average Bonchev–Trinajstić information content (AvgIpc) is 3.63. The maximum Gasteiger partial charge on any atom is 0.225 e. The van der Waals surface area contributed by atoms with Crippen LogP contribution < -0.4 is 15.4 Å². The van der Waals surface area contributed by atoms with Crippen LogP contribution in [0.25, 0.3) is 11.0 Å². The summed E-state index contributed by atoms with van der Waals surface area (Å²) >= 11 is 0. The Labute approximate surface area is 347 Å². The van der Waals surface area contributed by atoms with Crippen molar-refractivity contribution in [3.8, 4) is 5.75 Å². The first-order valence-electron chi connectivity index (χ1n) is 21.8. The number of fused-ring (bicyclic) bond motifs is 1. The highest BCUT2D eigenvalue weighted by atomic mass is 16.6. The SMILES string of the molecule is CCCCCNc1nc(NC(CC)CC(C)C)nc2ccn(Cc3ccc(CN4CCN(C(=O)CCOCCOCCOCCOCCOCC)CC4)cc3OC)c12. The molecular weight excluding hydrogens is 739 g/mol. The fraction of sp³-hybridized carbons (Fsp3) is 0.705. The summed E-state index contributed by atoms with van der Waals surface area (Å²) in [7, 11) is 1.74. The normalized spacial score (nSPS) is 14.1. The number of hydrogen-bond acceptors (Lipinski definition) is 12. The first-order valence-corrected chi connectivity index (χ1v) is 21.8. The van der Waals surface area contributed by atoms with Crippen LogP contribution in [0.5, 0.6) is 5.75 Å². The van der Waals surface area contributed by atoms with Crippen LogP contribution in [0.1, 0.15) is 84.3 Å². The zero-order valence-corrected chi connectivity index (χ0v) is 36.4. The predicted molar refractivity (Wildman–Crippen MR) is 231 cm³/mol. The average molecular weight is 812 g/mol. The standard InChI is InChI=1S/C44H73N7O7/c1-7-10-11-16-45-43-42-39(47-44(48-43)46-38(8-2)31-35(4)5)14-17-51(42)34-37-13-12-36(32-40(37)53-6)33-49-18-20-50(21-19-49)41(52)15-22-55-25-26-57-29-30-58-28-27-56-24-23-54-9-3/h12-14,17,32,35,38H,7-11,15-16,18-31,33-34H2,1-6H3,(H2,45,46,47,48). The Morgan fingerprint density at radius 3 is 2.10 bits per heavy atom. The van der Waals surface area contributed by atoms with Crippen molar-refractivity contribution in [2.45, 2.75) is 92.3 Å². The lowest BCUT2D eigenvalue weighted by Gasteiger charge is -2.35. The van der Waals surface area contributed by atoms with Crippen LogP contribution in [0.15, 0.2) is 30.5 Å². The highest BCUT2D eigenvalue weighted by Crippen LogP contribution is 2.29. The lowest BCUT2D eigenvalue weighted by atomic mass is 10.0. The summed E-state index contributed by atoms with van der Waals surface area (Å²) in [5.74, 6) is 3.13. The van der Waals surface area contributed by atoms with E-state index in [1.54, 1.807) is 7.11 Å². The molecule has 1 aromatic carbocycles. The number of benzene rings is 1. The van der Waals surface area contributed by atoms with Gasteiger partial charge in [-0.3, -0.25) is 9.69 Å². The largest absolute Gasteiger partial charge is 0.496 e. The molecule has 14 nitrogen and oxygen atoms in total. The number of ether oxygens (including phenoxy) is 6. The summed E-state index contributed by atoms with van der Waals surface area (Å²) in [6.07, 6.45) is 8.01. The summed E-state index contributed by atoms with van der Waals surface area (Å²) in [5, 5.41) is 7.25. The second-order valence-electron chi connectivity index (χ2n) is 15.3. The number of anilines is 2. The van der Waals surface area contributed by atoms with E-state index in [0.29, 0.717) is 110 Å². The number of hydrogen-bond donors (Lipinski definition) is 2. The molecule has 0 radical (unpaired) electrons. The van der Waals surface area contributed by atoms with E-state index in [-0.39, 0.29) is 5.91 Å². The topological polar surface area (TPSA) is 134 Å². The van der Waals surface area contributed by atoms with Gasteiger partial charge in [-0.25, -0.2) is 4.98 Å². The van der Waals surface area contributed by atoms with Gasteiger partial charge in [0.05, 0.1) is 85.1 Å². The molecule has 326 valence electrons. The van der Waals surface area contributed by atoms with Crippen molar-refractivity contribution in [3.63, 3.8) is 0 Å². The number of carbonyl (C=O) groups excluding carboxylic acids is 1. The van der Waals surface area contributed by atoms with Gasteiger partial charge in [-0.05, 0) is 49.8 Å². The third-order valence-corrected chi connectivity index (χ3v) is 10.2. The molecule has 58 heavy (non-hydrogen) atoms. The van der Waals surface area contributed by atoms with Gasteiger partial charge >= 0.3 is 0 Å². The molecule has 3 aromatic rings. The van der Waals surface area contributed by atoms with Crippen LogP contribution >= 0.6 is 0 Å². The van der Waals surface area contributed by atoms with Gasteiger partial charge in [-0.15, -0.1) is 0 Å². The Balaban J connectivity index is 1.20. The van der Waals surface area contributed by atoms with Crippen molar-refractivity contribution in [3.05, 3.63) is 41.6 Å². The summed E-state index contributed by atoms with van der Waals surface area (Å²) < 4.78 is 35.5. The molecule has 14 heteroatoms. The molecule has 2 N–H and O–H groups in total. The fourth-order valence-electron chi connectivity index (χ4n) is 7.04. The third kappa shape index (κ3) is 16.6. The number of aromatic nitrogens is 3. The molecule has 4 rings (SSSR count). The van der Waals surface area contributed by atoms with Gasteiger partial charge in [0, 0.05) is 63.7 Å². The van der Waals surface area contributed by atoms with Crippen molar-refractivity contribution in [2.24, 2.45) is 5.92 Å². The van der Waals surface area contributed by atoms with Gasteiger partial charge in [0.2, 0.25) is 11.9 Å². The number of unbranched alkanes of at least 4 members (excludes halogenated alkanes) is 2. The third-order valence-electron chi connectivity index (χ3n) is 10.2. The van der Waals surface area contributed by atoms with Crippen molar-refractivity contribution in [1.29, 1.82) is 0 Å². The number of nitrogens with zero attached hydrogens (tertiary/aromatic N) is 5. The minimum absolute atomic E-state index is 0.134. The van der Waals surface area contributed by atoms with Gasteiger partial charge in [0.1, 0.15) is 11.3 Å². The Morgan fingerprint density at radius 2 is 1.48 bits per heavy atom. The number of rotatable bonds is 31. The number of nitrogens with one attached hydrogen (secondary N) is 2. The van der Waals surface area contributed by atoms with Crippen molar-refractivity contribution in [2.75, 3.05) is 117 Å². The highest BCUT2D eigenvalue weighted by molar-refractivity contribution is 5.88. The molecule has 2 aromatic heterocycles. The summed E-state index contributed by atoms with van der Waals surface area (Å²) in [4.78, 5) is 27.2. The molecule has 0 saturated carbocycles. The smallest absolute Gasteiger partial charge is 0.225 e. The van der Waals surface area contributed by atoms with Crippen molar-refractivity contribution >= 4 is 28.7 Å². The first-order chi connectivity index (χ1) is 28.3.